The Labute approximate surface area is 112 Å². The highest BCUT2D eigenvalue weighted by Crippen LogP contribution is 2.24. The van der Waals surface area contributed by atoms with Crippen LogP contribution in [0.25, 0.3) is 0 Å². The SMILES string of the molecule is CCOc1cccc(C(NN)c2ccc(F)cc2)c1. The average Bonchev–Trinajstić information content (AvgIpc) is 2.43. The third-order valence-corrected chi connectivity index (χ3v) is 2.87. The summed E-state index contributed by atoms with van der Waals surface area (Å²) in [5.41, 5.74) is 4.62. The molecule has 0 aliphatic heterocycles. The highest BCUT2D eigenvalue weighted by atomic mass is 19.1. The van der Waals surface area contributed by atoms with Crippen LogP contribution >= 0.6 is 0 Å². The van der Waals surface area contributed by atoms with Crippen LogP contribution in [0.3, 0.4) is 0 Å². The van der Waals surface area contributed by atoms with Crippen LogP contribution in [0.2, 0.25) is 0 Å². The summed E-state index contributed by atoms with van der Waals surface area (Å²) in [5, 5.41) is 0. The van der Waals surface area contributed by atoms with Crippen LogP contribution in [0.4, 0.5) is 4.39 Å². The third-order valence-electron chi connectivity index (χ3n) is 2.87. The first-order valence-corrected chi connectivity index (χ1v) is 6.19. The molecule has 4 heteroatoms. The maximum atomic E-state index is 12.9. The number of nitrogens with one attached hydrogen (secondary N) is 1. The molecule has 2 aromatic carbocycles. The molecule has 0 saturated heterocycles. The van der Waals surface area contributed by atoms with Crippen LogP contribution in [0.15, 0.2) is 48.5 Å². The first-order valence-electron chi connectivity index (χ1n) is 6.19. The van der Waals surface area contributed by atoms with Gasteiger partial charge in [-0.3, -0.25) is 5.84 Å². The van der Waals surface area contributed by atoms with Gasteiger partial charge in [-0.1, -0.05) is 24.3 Å². The molecule has 0 bridgehead atoms. The molecule has 0 radical (unpaired) electrons. The summed E-state index contributed by atoms with van der Waals surface area (Å²) < 4.78 is 18.4. The van der Waals surface area contributed by atoms with E-state index in [4.69, 9.17) is 10.6 Å². The van der Waals surface area contributed by atoms with Crippen LogP contribution in [0.5, 0.6) is 5.75 Å². The number of benzene rings is 2. The Morgan fingerprint density at radius 2 is 1.89 bits per heavy atom. The summed E-state index contributed by atoms with van der Waals surface area (Å²) in [6.45, 7) is 2.55. The Bertz CT molecular complexity index is 528. The van der Waals surface area contributed by atoms with Gasteiger partial charge in [0.05, 0.1) is 12.6 Å². The Hall–Kier alpha value is -1.91. The Morgan fingerprint density at radius 1 is 1.16 bits per heavy atom. The zero-order valence-electron chi connectivity index (χ0n) is 10.8. The molecular formula is C15H17FN2O. The van der Waals surface area contributed by atoms with Crippen molar-refractivity contribution in [2.24, 2.45) is 5.84 Å². The van der Waals surface area contributed by atoms with Gasteiger partial charge in [-0.25, -0.2) is 9.82 Å². The second-order valence-corrected chi connectivity index (χ2v) is 4.16. The zero-order valence-corrected chi connectivity index (χ0v) is 10.8. The van der Waals surface area contributed by atoms with Gasteiger partial charge >= 0.3 is 0 Å². The minimum Gasteiger partial charge on any atom is -0.494 e. The van der Waals surface area contributed by atoms with E-state index in [-0.39, 0.29) is 11.9 Å². The molecule has 0 amide bonds. The predicted octanol–water partition coefficient (Wildman–Crippen LogP) is 2.78. The number of hydrazine groups is 1. The fourth-order valence-electron chi connectivity index (χ4n) is 1.99. The average molecular weight is 260 g/mol. The molecule has 0 spiro atoms. The van der Waals surface area contributed by atoms with Crippen molar-refractivity contribution >= 4 is 0 Å². The predicted molar refractivity (Wildman–Crippen MR) is 73.2 cm³/mol. The van der Waals surface area contributed by atoms with Crippen LogP contribution in [0, 0.1) is 5.82 Å². The molecule has 0 aliphatic rings. The molecular weight excluding hydrogens is 243 g/mol. The fraction of sp³-hybridized carbons (Fsp3) is 0.200. The minimum absolute atomic E-state index is 0.194. The van der Waals surface area contributed by atoms with Crippen molar-refractivity contribution in [2.75, 3.05) is 6.61 Å². The lowest BCUT2D eigenvalue weighted by Gasteiger charge is -2.17. The van der Waals surface area contributed by atoms with Gasteiger partial charge in [-0.05, 0) is 42.3 Å². The van der Waals surface area contributed by atoms with E-state index in [1.807, 2.05) is 31.2 Å². The monoisotopic (exact) mass is 260 g/mol. The van der Waals surface area contributed by atoms with Gasteiger partial charge in [0, 0.05) is 0 Å². The summed E-state index contributed by atoms with van der Waals surface area (Å²) in [6.07, 6.45) is 0. The summed E-state index contributed by atoms with van der Waals surface area (Å²) in [4.78, 5) is 0. The highest BCUT2D eigenvalue weighted by molar-refractivity contribution is 5.36. The number of ether oxygens (including phenoxy) is 1. The van der Waals surface area contributed by atoms with Crippen molar-refractivity contribution in [1.82, 2.24) is 5.43 Å². The van der Waals surface area contributed by atoms with Crippen LogP contribution < -0.4 is 16.0 Å². The molecule has 0 saturated carbocycles. The van der Waals surface area contributed by atoms with Gasteiger partial charge in [0.2, 0.25) is 0 Å². The molecule has 19 heavy (non-hydrogen) atoms. The van der Waals surface area contributed by atoms with Crippen LogP contribution in [0.1, 0.15) is 24.1 Å². The molecule has 0 aliphatic carbocycles. The lowest BCUT2D eigenvalue weighted by atomic mass is 9.99. The normalized spacial score (nSPS) is 12.2. The summed E-state index contributed by atoms with van der Waals surface area (Å²) in [7, 11) is 0. The quantitative estimate of drug-likeness (QED) is 0.642. The second-order valence-electron chi connectivity index (χ2n) is 4.16. The second kappa shape index (κ2) is 6.31. The lowest BCUT2D eigenvalue weighted by Crippen LogP contribution is -2.28. The van der Waals surface area contributed by atoms with Gasteiger partial charge in [-0.2, -0.15) is 0 Å². The Kier molecular flexibility index (Phi) is 4.49. The van der Waals surface area contributed by atoms with E-state index in [1.54, 1.807) is 12.1 Å². The van der Waals surface area contributed by atoms with E-state index in [9.17, 15) is 4.39 Å². The molecule has 0 heterocycles. The number of halogens is 1. The Morgan fingerprint density at radius 3 is 2.53 bits per heavy atom. The van der Waals surface area contributed by atoms with Crippen molar-refractivity contribution < 1.29 is 9.13 Å². The number of hydrogen-bond donors (Lipinski definition) is 2. The van der Waals surface area contributed by atoms with Crippen molar-refractivity contribution in [3.05, 3.63) is 65.5 Å². The highest BCUT2D eigenvalue weighted by Gasteiger charge is 2.13. The molecule has 2 aromatic rings. The fourth-order valence-corrected chi connectivity index (χ4v) is 1.99. The Balaban J connectivity index is 2.30. The first-order chi connectivity index (χ1) is 9.24. The summed E-state index contributed by atoms with van der Waals surface area (Å²) in [5.74, 6) is 6.15. The van der Waals surface area contributed by atoms with E-state index >= 15 is 0 Å². The topological polar surface area (TPSA) is 47.3 Å². The number of nitrogens with two attached hydrogens (primary N) is 1. The smallest absolute Gasteiger partial charge is 0.123 e. The van der Waals surface area contributed by atoms with E-state index in [2.05, 4.69) is 5.43 Å². The largest absolute Gasteiger partial charge is 0.494 e. The summed E-state index contributed by atoms with van der Waals surface area (Å²) >= 11 is 0. The maximum absolute atomic E-state index is 12.9. The van der Waals surface area contributed by atoms with Crippen molar-refractivity contribution in [2.45, 2.75) is 13.0 Å². The molecule has 0 fully saturated rings. The number of rotatable bonds is 5. The first kappa shape index (κ1) is 13.5. The van der Waals surface area contributed by atoms with Gasteiger partial charge in [0.25, 0.3) is 0 Å². The molecule has 0 aromatic heterocycles. The maximum Gasteiger partial charge on any atom is 0.123 e. The standard InChI is InChI=1S/C15H17FN2O/c1-2-19-14-5-3-4-12(10-14)15(18-17)11-6-8-13(16)9-7-11/h3-10,15,18H,2,17H2,1H3. The molecule has 100 valence electrons. The van der Waals surface area contributed by atoms with Crippen LogP contribution in [-0.4, -0.2) is 6.61 Å². The zero-order chi connectivity index (χ0) is 13.7. The number of hydrogen-bond acceptors (Lipinski definition) is 3. The van der Waals surface area contributed by atoms with E-state index in [0.717, 1.165) is 16.9 Å². The van der Waals surface area contributed by atoms with Gasteiger partial charge in [0.15, 0.2) is 0 Å². The molecule has 2 rings (SSSR count). The lowest BCUT2D eigenvalue weighted by molar-refractivity contribution is 0.339. The van der Waals surface area contributed by atoms with Gasteiger partial charge < -0.3 is 4.74 Å². The van der Waals surface area contributed by atoms with E-state index in [0.29, 0.717) is 6.61 Å². The molecule has 1 unspecified atom stereocenters. The summed E-state index contributed by atoms with van der Waals surface area (Å²) in [6, 6.07) is 13.8. The molecule has 3 N–H and O–H groups in total. The van der Waals surface area contributed by atoms with Crippen LogP contribution in [-0.2, 0) is 0 Å². The molecule has 3 nitrogen and oxygen atoms in total. The van der Waals surface area contributed by atoms with Crippen molar-refractivity contribution in [1.29, 1.82) is 0 Å². The van der Waals surface area contributed by atoms with Crippen molar-refractivity contribution in [3.8, 4) is 5.75 Å². The minimum atomic E-state index is -0.261. The van der Waals surface area contributed by atoms with Gasteiger partial charge in [0.1, 0.15) is 11.6 Å². The van der Waals surface area contributed by atoms with E-state index in [1.165, 1.54) is 12.1 Å². The van der Waals surface area contributed by atoms with Gasteiger partial charge in [-0.15, -0.1) is 0 Å². The van der Waals surface area contributed by atoms with Crippen molar-refractivity contribution in [3.63, 3.8) is 0 Å². The third kappa shape index (κ3) is 3.30. The molecule has 1 atom stereocenters. The van der Waals surface area contributed by atoms with E-state index < -0.39 is 0 Å².